The normalized spacial score (nSPS) is 37.2. The topological polar surface area (TPSA) is 21.3 Å². The number of hydrogen-bond donors (Lipinski definition) is 1. The van der Waals surface area contributed by atoms with Crippen molar-refractivity contribution < 1.29 is 4.74 Å². The fourth-order valence-electron chi connectivity index (χ4n) is 3.62. The van der Waals surface area contributed by atoms with Crippen molar-refractivity contribution >= 4 is 0 Å². The van der Waals surface area contributed by atoms with Gasteiger partial charge in [-0.1, -0.05) is 6.92 Å². The first-order chi connectivity index (χ1) is 8.70. The first-order valence-electron chi connectivity index (χ1n) is 8.07. The second-order valence-corrected chi connectivity index (χ2v) is 7.09. The van der Waals surface area contributed by atoms with E-state index in [0.29, 0.717) is 6.04 Å². The molecular formula is C16H29NO. The second-order valence-electron chi connectivity index (χ2n) is 7.09. The molecule has 0 amide bonds. The zero-order valence-electron chi connectivity index (χ0n) is 12.1. The molecule has 104 valence electrons. The zero-order valence-corrected chi connectivity index (χ0v) is 12.1. The first-order valence-corrected chi connectivity index (χ1v) is 8.07. The van der Waals surface area contributed by atoms with Gasteiger partial charge in [0.25, 0.3) is 0 Å². The molecule has 18 heavy (non-hydrogen) atoms. The number of rotatable bonds is 6. The Morgan fingerprint density at radius 2 is 1.83 bits per heavy atom. The Bertz CT molecular complexity index is 273. The summed E-state index contributed by atoms with van der Waals surface area (Å²) in [6.07, 6.45) is 9.56. The number of hydrogen-bond acceptors (Lipinski definition) is 2. The minimum Gasteiger partial charge on any atom is -0.375 e. The maximum atomic E-state index is 5.93. The maximum Gasteiger partial charge on any atom is 0.0666 e. The van der Waals surface area contributed by atoms with Crippen LogP contribution in [0.2, 0.25) is 0 Å². The lowest BCUT2D eigenvalue weighted by Gasteiger charge is -2.38. The van der Waals surface area contributed by atoms with Gasteiger partial charge in [-0.3, -0.25) is 0 Å². The summed E-state index contributed by atoms with van der Waals surface area (Å²) in [6, 6.07) is 0.698. The SMILES string of the molecule is CCC1(C)CC(NCC(C2CC2)C2CC2)CCO1. The van der Waals surface area contributed by atoms with Crippen molar-refractivity contribution in [3.63, 3.8) is 0 Å². The molecule has 2 unspecified atom stereocenters. The summed E-state index contributed by atoms with van der Waals surface area (Å²) in [6.45, 7) is 6.75. The third-order valence-electron chi connectivity index (χ3n) is 5.44. The molecule has 0 aromatic rings. The molecule has 1 heterocycles. The Kier molecular flexibility index (Phi) is 3.68. The molecule has 1 N–H and O–H groups in total. The zero-order chi connectivity index (χ0) is 12.6. The van der Waals surface area contributed by atoms with E-state index in [9.17, 15) is 0 Å². The third kappa shape index (κ3) is 3.08. The Morgan fingerprint density at radius 1 is 1.17 bits per heavy atom. The fraction of sp³-hybridized carbons (Fsp3) is 1.00. The highest BCUT2D eigenvalue weighted by molar-refractivity contribution is 4.94. The molecule has 3 rings (SSSR count). The van der Waals surface area contributed by atoms with Crippen LogP contribution < -0.4 is 5.32 Å². The highest BCUT2D eigenvalue weighted by Gasteiger charge is 2.41. The minimum absolute atomic E-state index is 0.130. The van der Waals surface area contributed by atoms with Crippen LogP contribution in [0.4, 0.5) is 0 Å². The monoisotopic (exact) mass is 251 g/mol. The van der Waals surface area contributed by atoms with Gasteiger partial charge in [0.15, 0.2) is 0 Å². The quantitative estimate of drug-likeness (QED) is 0.781. The highest BCUT2D eigenvalue weighted by Crippen LogP contribution is 2.49. The van der Waals surface area contributed by atoms with Gasteiger partial charge < -0.3 is 10.1 Å². The molecule has 0 spiro atoms. The van der Waals surface area contributed by atoms with E-state index in [1.807, 2.05) is 0 Å². The van der Waals surface area contributed by atoms with Crippen molar-refractivity contribution in [3.05, 3.63) is 0 Å². The van der Waals surface area contributed by atoms with Crippen LogP contribution in [0.25, 0.3) is 0 Å². The van der Waals surface area contributed by atoms with Crippen LogP contribution in [0, 0.1) is 17.8 Å². The van der Waals surface area contributed by atoms with E-state index in [1.54, 1.807) is 0 Å². The highest BCUT2D eigenvalue weighted by atomic mass is 16.5. The smallest absolute Gasteiger partial charge is 0.0666 e. The van der Waals surface area contributed by atoms with E-state index in [2.05, 4.69) is 19.2 Å². The van der Waals surface area contributed by atoms with E-state index in [-0.39, 0.29) is 5.60 Å². The molecule has 2 nitrogen and oxygen atoms in total. The van der Waals surface area contributed by atoms with Gasteiger partial charge in [0, 0.05) is 12.6 Å². The predicted molar refractivity (Wildman–Crippen MR) is 74.6 cm³/mol. The minimum atomic E-state index is 0.130. The van der Waals surface area contributed by atoms with E-state index in [1.165, 1.54) is 45.1 Å². The lowest BCUT2D eigenvalue weighted by Crippen LogP contribution is -2.46. The average molecular weight is 251 g/mol. The van der Waals surface area contributed by atoms with Crippen molar-refractivity contribution in [3.8, 4) is 0 Å². The summed E-state index contributed by atoms with van der Waals surface area (Å²) in [5, 5.41) is 3.87. The Morgan fingerprint density at radius 3 is 2.39 bits per heavy atom. The number of ether oxygens (including phenoxy) is 1. The molecule has 0 bridgehead atoms. The van der Waals surface area contributed by atoms with Crippen LogP contribution in [0.3, 0.4) is 0 Å². The molecule has 2 aliphatic carbocycles. The fourth-order valence-corrected chi connectivity index (χ4v) is 3.62. The van der Waals surface area contributed by atoms with Gasteiger partial charge >= 0.3 is 0 Å². The third-order valence-corrected chi connectivity index (χ3v) is 5.44. The molecule has 2 heteroatoms. The van der Waals surface area contributed by atoms with Crippen LogP contribution in [-0.4, -0.2) is 24.8 Å². The van der Waals surface area contributed by atoms with Crippen molar-refractivity contribution in [2.45, 2.75) is 70.4 Å². The molecule has 2 saturated carbocycles. The maximum absolute atomic E-state index is 5.93. The van der Waals surface area contributed by atoms with Crippen LogP contribution in [0.5, 0.6) is 0 Å². The van der Waals surface area contributed by atoms with E-state index in [0.717, 1.165) is 30.8 Å². The molecule has 3 aliphatic rings. The first kappa shape index (κ1) is 12.9. The van der Waals surface area contributed by atoms with E-state index >= 15 is 0 Å². The van der Waals surface area contributed by atoms with Gasteiger partial charge in [-0.15, -0.1) is 0 Å². The Hall–Kier alpha value is -0.0800. The number of nitrogens with one attached hydrogen (secondary N) is 1. The average Bonchev–Trinajstić information content (AvgIpc) is 3.23. The van der Waals surface area contributed by atoms with Crippen LogP contribution in [0.1, 0.15) is 58.8 Å². The van der Waals surface area contributed by atoms with Crippen molar-refractivity contribution in [2.75, 3.05) is 13.2 Å². The molecule has 0 radical (unpaired) electrons. The van der Waals surface area contributed by atoms with Crippen LogP contribution in [-0.2, 0) is 4.74 Å². The largest absolute Gasteiger partial charge is 0.375 e. The molecule has 0 aromatic carbocycles. The van der Waals surface area contributed by atoms with Gasteiger partial charge in [0.1, 0.15) is 0 Å². The second kappa shape index (κ2) is 5.13. The van der Waals surface area contributed by atoms with Crippen molar-refractivity contribution in [2.24, 2.45) is 17.8 Å². The standard InChI is InChI=1S/C16H29NO/c1-3-16(2)10-14(8-9-18-16)17-11-15(12-4-5-12)13-6-7-13/h12-15,17H,3-11H2,1-2H3. The summed E-state index contributed by atoms with van der Waals surface area (Å²) >= 11 is 0. The van der Waals surface area contributed by atoms with Crippen molar-refractivity contribution in [1.82, 2.24) is 5.32 Å². The predicted octanol–water partition coefficient (Wildman–Crippen LogP) is 3.36. The van der Waals surface area contributed by atoms with Gasteiger partial charge in [0.05, 0.1) is 5.60 Å². The molecule has 3 fully saturated rings. The summed E-state index contributed by atoms with van der Waals surface area (Å²) in [4.78, 5) is 0. The molecule has 1 saturated heterocycles. The van der Waals surface area contributed by atoms with Crippen LogP contribution >= 0.6 is 0 Å². The lowest BCUT2D eigenvalue weighted by atomic mass is 9.89. The molecule has 1 aliphatic heterocycles. The summed E-state index contributed by atoms with van der Waals surface area (Å²) in [7, 11) is 0. The van der Waals surface area contributed by atoms with Gasteiger partial charge in [0.2, 0.25) is 0 Å². The van der Waals surface area contributed by atoms with Crippen LogP contribution in [0.15, 0.2) is 0 Å². The molecule has 0 aromatic heterocycles. The Labute approximate surface area is 112 Å². The summed E-state index contributed by atoms with van der Waals surface area (Å²) in [5.74, 6) is 3.14. The summed E-state index contributed by atoms with van der Waals surface area (Å²) in [5.41, 5.74) is 0.130. The molecular weight excluding hydrogens is 222 g/mol. The van der Waals surface area contributed by atoms with Gasteiger partial charge in [-0.25, -0.2) is 0 Å². The molecule has 2 atom stereocenters. The summed E-state index contributed by atoms with van der Waals surface area (Å²) < 4.78 is 5.93. The van der Waals surface area contributed by atoms with E-state index < -0.39 is 0 Å². The van der Waals surface area contributed by atoms with Gasteiger partial charge in [-0.2, -0.15) is 0 Å². The van der Waals surface area contributed by atoms with E-state index in [4.69, 9.17) is 4.74 Å². The van der Waals surface area contributed by atoms with Crippen molar-refractivity contribution in [1.29, 1.82) is 0 Å². The lowest BCUT2D eigenvalue weighted by molar-refractivity contribution is -0.0783. The Balaban J connectivity index is 1.47. The van der Waals surface area contributed by atoms with Gasteiger partial charge in [-0.05, 0) is 76.2 Å².